The molecule has 0 fully saturated rings. The first-order valence-corrected chi connectivity index (χ1v) is 7.31. The fourth-order valence-corrected chi connectivity index (χ4v) is 2.06. The van der Waals surface area contributed by atoms with Crippen LogP contribution in [0.3, 0.4) is 0 Å². The molecular formula is C17H19ClN2O. The van der Waals surface area contributed by atoms with Gasteiger partial charge in [-0.2, -0.15) is 0 Å². The third-order valence-corrected chi connectivity index (χ3v) is 3.15. The van der Waals surface area contributed by atoms with E-state index in [4.69, 9.17) is 22.1 Å². The fraction of sp³-hybridized carbons (Fsp3) is 0.235. The number of aromatic nitrogens is 1. The molecule has 0 aliphatic carbocycles. The van der Waals surface area contributed by atoms with Crippen LogP contribution in [0, 0.1) is 6.92 Å². The van der Waals surface area contributed by atoms with E-state index in [0.717, 1.165) is 29.1 Å². The van der Waals surface area contributed by atoms with E-state index in [1.165, 1.54) is 0 Å². The van der Waals surface area contributed by atoms with Crippen LogP contribution in [0.4, 0.5) is 0 Å². The van der Waals surface area contributed by atoms with Gasteiger partial charge in [-0.05, 0) is 55.8 Å². The summed E-state index contributed by atoms with van der Waals surface area (Å²) in [5, 5.41) is 0.716. The highest BCUT2D eigenvalue weighted by Gasteiger charge is 2.03. The van der Waals surface area contributed by atoms with Crippen molar-refractivity contribution in [2.45, 2.75) is 13.3 Å². The van der Waals surface area contributed by atoms with Crippen LogP contribution >= 0.6 is 11.6 Å². The van der Waals surface area contributed by atoms with Crippen LogP contribution in [0.2, 0.25) is 5.02 Å². The Kier molecular flexibility index (Phi) is 5.78. The van der Waals surface area contributed by atoms with E-state index in [0.29, 0.717) is 18.2 Å². The maximum Gasteiger partial charge on any atom is 0.144 e. The summed E-state index contributed by atoms with van der Waals surface area (Å²) in [5.41, 5.74) is 8.27. The molecule has 0 aliphatic heterocycles. The quantitative estimate of drug-likeness (QED) is 0.822. The van der Waals surface area contributed by atoms with Crippen LogP contribution in [0.15, 0.2) is 36.4 Å². The van der Waals surface area contributed by atoms with E-state index in [1.807, 2.05) is 55.5 Å². The van der Waals surface area contributed by atoms with Crippen molar-refractivity contribution in [1.82, 2.24) is 4.98 Å². The number of halogens is 1. The minimum atomic E-state index is 0.596. The second-order valence-corrected chi connectivity index (χ2v) is 5.15. The lowest BCUT2D eigenvalue weighted by Crippen LogP contribution is -2.07. The molecular weight excluding hydrogens is 284 g/mol. The predicted molar refractivity (Wildman–Crippen MR) is 88.5 cm³/mol. The van der Waals surface area contributed by atoms with Crippen LogP contribution < -0.4 is 10.5 Å². The number of nitrogens with zero attached hydrogens (tertiary/aromatic N) is 1. The molecule has 0 saturated heterocycles. The molecule has 4 heteroatoms. The Morgan fingerprint density at radius 3 is 2.86 bits per heavy atom. The Labute approximate surface area is 130 Å². The van der Waals surface area contributed by atoms with Gasteiger partial charge in [-0.3, -0.25) is 0 Å². The summed E-state index contributed by atoms with van der Waals surface area (Å²) < 4.78 is 5.72. The first-order valence-electron chi connectivity index (χ1n) is 6.93. The zero-order valence-corrected chi connectivity index (χ0v) is 12.8. The average Bonchev–Trinajstić information content (AvgIpc) is 2.47. The first-order chi connectivity index (χ1) is 10.2. The van der Waals surface area contributed by atoms with E-state index in [-0.39, 0.29) is 0 Å². The third kappa shape index (κ3) is 4.88. The molecule has 3 nitrogen and oxygen atoms in total. The SMILES string of the molecule is Cc1ccc(OCCCN)c(/C=C/c2cccc(Cl)c2)n1. The van der Waals surface area contributed by atoms with Crippen LogP contribution in [0.5, 0.6) is 5.75 Å². The molecule has 0 aliphatic rings. The standard InChI is InChI=1S/C17H19ClN2O/c1-13-6-9-17(21-11-3-10-19)16(20-13)8-7-14-4-2-5-15(18)12-14/h2,4-9,12H,3,10-11,19H2,1H3/b8-7+. The largest absolute Gasteiger partial charge is 0.491 e. The highest BCUT2D eigenvalue weighted by atomic mass is 35.5. The lowest BCUT2D eigenvalue weighted by atomic mass is 10.2. The van der Waals surface area contributed by atoms with E-state index < -0.39 is 0 Å². The van der Waals surface area contributed by atoms with Gasteiger partial charge in [0.15, 0.2) is 0 Å². The molecule has 2 N–H and O–H groups in total. The summed E-state index contributed by atoms with van der Waals surface area (Å²) in [4.78, 5) is 4.51. The highest BCUT2D eigenvalue weighted by Crippen LogP contribution is 2.20. The lowest BCUT2D eigenvalue weighted by Gasteiger charge is -2.08. The van der Waals surface area contributed by atoms with Crippen molar-refractivity contribution >= 4 is 23.8 Å². The van der Waals surface area contributed by atoms with Gasteiger partial charge in [0.2, 0.25) is 0 Å². The molecule has 0 bridgehead atoms. The average molecular weight is 303 g/mol. The molecule has 110 valence electrons. The zero-order valence-electron chi connectivity index (χ0n) is 12.1. The van der Waals surface area contributed by atoms with Gasteiger partial charge in [-0.15, -0.1) is 0 Å². The number of rotatable bonds is 6. The van der Waals surface area contributed by atoms with Crippen molar-refractivity contribution < 1.29 is 4.74 Å². The molecule has 1 aromatic carbocycles. The normalized spacial score (nSPS) is 11.0. The van der Waals surface area contributed by atoms with Crippen molar-refractivity contribution in [2.75, 3.05) is 13.2 Å². The molecule has 21 heavy (non-hydrogen) atoms. The number of benzene rings is 1. The van der Waals surface area contributed by atoms with Crippen LogP contribution in [-0.4, -0.2) is 18.1 Å². The van der Waals surface area contributed by atoms with E-state index >= 15 is 0 Å². The Balaban J connectivity index is 2.19. The van der Waals surface area contributed by atoms with Gasteiger partial charge >= 0.3 is 0 Å². The molecule has 2 aromatic rings. The predicted octanol–water partition coefficient (Wildman–Crippen LogP) is 3.94. The third-order valence-electron chi connectivity index (χ3n) is 2.91. The van der Waals surface area contributed by atoms with Gasteiger partial charge < -0.3 is 10.5 Å². The van der Waals surface area contributed by atoms with E-state index in [1.54, 1.807) is 0 Å². The monoisotopic (exact) mass is 302 g/mol. The Morgan fingerprint density at radius 2 is 2.10 bits per heavy atom. The van der Waals surface area contributed by atoms with Gasteiger partial charge in [0.1, 0.15) is 11.4 Å². The smallest absolute Gasteiger partial charge is 0.144 e. The minimum absolute atomic E-state index is 0.596. The maximum absolute atomic E-state index is 5.98. The van der Waals surface area contributed by atoms with Crippen molar-refractivity contribution in [3.8, 4) is 5.75 Å². The minimum Gasteiger partial charge on any atom is -0.491 e. The summed E-state index contributed by atoms with van der Waals surface area (Å²) in [5.74, 6) is 0.771. The fourth-order valence-electron chi connectivity index (χ4n) is 1.86. The molecule has 0 radical (unpaired) electrons. The second kappa shape index (κ2) is 7.81. The topological polar surface area (TPSA) is 48.1 Å². The second-order valence-electron chi connectivity index (χ2n) is 4.72. The zero-order chi connectivity index (χ0) is 15.1. The molecule has 1 heterocycles. The van der Waals surface area contributed by atoms with Crippen LogP contribution in [-0.2, 0) is 0 Å². The number of hydrogen-bond acceptors (Lipinski definition) is 3. The van der Waals surface area contributed by atoms with Gasteiger partial charge in [0, 0.05) is 10.7 Å². The summed E-state index contributed by atoms with van der Waals surface area (Å²) >= 11 is 5.98. The van der Waals surface area contributed by atoms with Crippen molar-refractivity contribution in [2.24, 2.45) is 5.73 Å². The number of hydrogen-bond donors (Lipinski definition) is 1. The van der Waals surface area contributed by atoms with Gasteiger partial charge in [-0.25, -0.2) is 4.98 Å². The van der Waals surface area contributed by atoms with E-state index in [2.05, 4.69) is 4.98 Å². The Bertz CT molecular complexity index is 626. The molecule has 0 saturated carbocycles. The first kappa shape index (κ1) is 15.5. The molecule has 0 spiro atoms. The van der Waals surface area contributed by atoms with Gasteiger partial charge in [0.25, 0.3) is 0 Å². The van der Waals surface area contributed by atoms with Gasteiger partial charge in [-0.1, -0.05) is 29.8 Å². The molecule has 1 aromatic heterocycles. The molecule has 2 rings (SSSR count). The number of pyridine rings is 1. The van der Waals surface area contributed by atoms with Crippen molar-refractivity contribution in [1.29, 1.82) is 0 Å². The molecule has 0 amide bonds. The van der Waals surface area contributed by atoms with Crippen molar-refractivity contribution in [3.05, 3.63) is 58.4 Å². The number of aryl methyl sites for hydroxylation is 1. The molecule has 0 atom stereocenters. The van der Waals surface area contributed by atoms with E-state index in [9.17, 15) is 0 Å². The Hall–Kier alpha value is -1.84. The number of ether oxygens (including phenoxy) is 1. The van der Waals surface area contributed by atoms with Crippen LogP contribution in [0.1, 0.15) is 23.4 Å². The Morgan fingerprint density at radius 1 is 1.24 bits per heavy atom. The molecule has 0 unspecified atom stereocenters. The van der Waals surface area contributed by atoms with Crippen molar-refractivity contribution in [3.63, 3.8) is 0 Å². The lowest BCUT2D eigenvalue weighted by molar-refractivity contribution is 0.311. The summed E-state index contributed by atoms with van der Waals surface area (Å²) in [6.45, 7) is 3.17. The maximum atomic E-state index is 5.98. The summed E-state index contributed by atoms with van der Waals surface area (Å²) in [6, 6.07) is 11.6. The summed E-state index contributed by atoms with van der Waals surface area (Å²) in [7, 11) is 0. The summed E-state index contributed by atoms with van der Waals surface area (Å²) in [6.07, 6.45) is 4.74. The highest BCUT2D eigenvalue weighted by molar-refractivity contribution is 6.30. The number of nitrogens with two attached hydrogens (primary N) is 1. The van der Waals surface area contributed by atoms with Gasteiger partial charge in [0.05, 0.1) is 6.61 Å². The van der Waals surface area contributed by atoms with Crippen LogP contribution in [0.25, 0.3) is 12.2 Å².